The Labute approximate surface area is 230 Å². The Bertz CT molecular complexity index is 1320. The second-order valence-corrected chi connectivity index (χ2v) is 22.3. The molecular weight excluding hydrogens is 539 g/mol. The minimum Gasteiger partial charge on any atom is -0.542 e. The van der Waals surface area contributed by atoms with Crippen LogP contribution in [0.4, 0.5) is 23.7 Å². The molecule has 0 spiro atoms. The molecule has 11 heteroatoms. The molecule has 1 atom stereocenters. The Kier molecular flexibility index (Phi) is 5.88. The highest BCUT2D eigenvalue weighted by molar-refractivity contribution is 6.75. The number of amides is 1. The van der Waals surface area contributed by atoms with Gasteiger partial charge in [0.05, 0.1) is 5.69 Å². The van der Waals surface area contributed by atoms with Gasteiger partial charge in [0.2, 0.25) is 0 Å². The number of benzene rings is 1. The lowest BCUT2D eigenvalue weighted by Crippen LogP contribution is -2.50. The summed E-state index contributed by atoms with van der Waals surface area (Å²) in [6.45, 7) is 18.4. The molecule has 0 bridgehead atoms. The molecule has 1 saturated carbocycles. The number of cyclic esters (lactones) is 1. The first-order chi connectivity index (χ1) is 18.0. The first-order valence-electron chi connectivity index (χ1n) is 13.8. The molecule has 1 aliphatic heterocycles. The van der Waals surface area contributed by atoms with E-state index in [2.05, 4.69) is 11.2 Å². The molecule has 1 unspecified atom stereocenters. The number of carbonyl (C=O) groups excluding carboxylic acids is 1. The molecular formula is C26H37ClF3NO4Si2. The van der Waals surface area contributed by atoms with Gasteiger partial charge in [-0.05, 0) is 67.1 Å². The van der Waals surface area contributed by atoms with E-state index in [0.29, 0.717) is 0 Å². The fraction of sp³-hybridized carbons (Fsp3) is 0.654. The molecule has 1 aromatic rings. The molecule has 1 heterocycles. The van der Waals surface area contributed by atoms with E-state index in [1.54, 1.807) is 13.1 Å². The number of hydrogen-bond acceptors (Lipinski definition) is 4. The summed E-state index contributed by atoms with van der Waals surface area (Å²) in [4.78, 5) is 12.7. The number of anilines is 1. The Morgan fingerprint density at radius 1 is 1.03 bits per heavy atom. The first kappa shape index (κ1) is 24.4. The van der Waals surface area contributed by atoms with Crippen LogP contribution in [0.5, 0.6) is 5.75 Å². The normalized spacial score (nSPS) is 26.1. The van der Waals surface area contributed by atoms with Crippen LogP contribution in [0, 0.1) is 11.8 Å². The maximum absolute atomic E-state index is 15.0. The minimum atomic E-state index is -5.35. The highest BCUT2D eigenvalue weighted by Crippen LogP contribution is 2.53. The Morgan fingerprint density at radius 2 is 1.57 bits per heavy atom. The summed E-state index contributed by atoms with van der Waals surface area (Å²) in [7, 11) is -5.63. The highest BCUT2D eigenvalue weighted by Gasteiger charge is 2.63. The third kappa shape index (κ3) is 5.70. The van der Waals surface area contributed by atoms with Gasteiger partial charge >= 0.3 is 12.3 Å². The van der Waals surface area contributed by atoms with Gasteiger partial charge in [-0.25, -0.2) is 4.79 Å². The third-order valence-corrected chi connectivity index (χ3v) is 16.5. The molecule has 1 amide bonds. The summed E-state index contributed by atoms with van der Waals surface area (Å²) in [6, 6.07) is 2.26. The zero-order valence-electron chi connectivity index (χ0n) is 26.8. The average Bonchev–Trinajstić information content (AvgIpc) is 3.06. The summed E-state index contributed by atoms with van der Waals surface area (Å²) < 4.78 is 95.7. The monoisotopic (exact) mass is 579 g/mol. The van der Waals surface area contributed by atoms with Crippen LogP contribution < -0.4 is 9.74 Å². The van der Waals surface area contributed by atoms with Crippen LogP contribution in [0.2, 0.25) is 41.3 Å². The van der Waals surface area contributed by atoms with Gasteiger partial charge in [-0.15, -0.1) is 0 Å². The van der Waals surface area contributed by atoms with Crippen molar-refractivity contribution in [3.05, 3.63) is 22.7 Å². The van der Waals surface area contributed by atoms with Crippen molar-refractivity contribution in [2.24, 2.45) is 0 Å². The number of alkyl halides is 3. The maximum atomic E-state index is 15.0. The van der Waals surface area contributed by atoms with E-state index in [0.717, 1.165) is 6.07 Å². The molecule has 1 aliphatic carbocycles. The lowest BCUT2D eigenvalue weighted by molar-refractivity contribution is -0.239. The van der Waals surface area contributed by atoms with E-state index in [1.165, 1.54) is 6.07 Å². The van der Waals surface area contributed by atoms with Crippen molar-refractivity contribution < 1.29 is 37.0 Å². The van der Waals surface area contributed by atoms with Crippen molar-refractivity contribution in [1.82, 2.24) is 0 Å². The zero-order valence-corrected chi connectivity index (χ0v) is 25.6. The van der Waals surface area contributed by atoms with Crippen LogP contribution in [-0.4, -0.2) is 34.5 Å². The maximum Gasteiger partial charge on any atom is 0.445 e. The van der Waals surface area contributed by atoms with Crippen LogP contribution in [0.1, 0.15) is 65.3 Å². The van der Waals surface area contributed by atoms with Crippen molar-refractivity contribution in [2.75, 3.05) is 5.32 Å². The standard InChI is InChI=1S/C26H37ClF3NO4Si2/c1-22(2,3)36(7,8)34-19-16-17(27)15-18-20(19)31-21(32)33-25(18,26(28,29)30)14-13-24(11-12-24)35-37(9,10)23(4,5)6/h15-16H,11-12H2,1-10H3,(H,31,32)/i11D2,12D2. The smallest absolute Gasteiger partial charge is 0.445 e. The van der Waals surface area contributed by atoms with E-state index in [1.807, 2.05) is 60.6 Å². The van der Waals surface area contributed by atoms with Crippen LogP contribution in [0.25, 0.3) is 0 Å². The molecule has 1 fully saturated rings. The fourth-order valence-electron chi connectivity index (χ4n) is 3.10. The van der Waals surface area contributed by atoms with Gasteiger partial charge < -0.3 is 13.6 Å². The van der Waals surface area contributed by atoms with Crippen LogP contribution in [0.3, 0.4) is 0 Å². The number of hydrogen-bond donors (Lipinski definition) is 1. The summed E-state index contributed by atoms with van der Waals surface area (Å²) in [5.41, 5.74) is -7.16. The largest absolute Gasteiger partial charge is 0.542 e. The Balaban J connectivity index is 2.34. The number of rotatable bonds is 4. The molecule has 3 rings (SSSR count). The second kappa shape index (κ2) is 8.93. The highest BCUT2D eigenvalue weighted by atomic mass is 35.5. The van der Waals surface area contributed by atoms with Crippen molar-refractivity contribution in [2.45, 2.75) is 108 Å². The molecule has 206 valence electrons. The topological polar surface area (TPSA) is 56.8 Å². The van der Waals surface area contributed by atoms with E-state index in [9.17, 15) is 4.79 Å². The summed E-state index contributed by atoms with van der Waals surface area (Å²) in [5, 5.41) is 1.26. The van der Waals surface area contributed by atoms with Crippen molar-refractivity contribution in [3.63, 3.8) is 0 Å². The minimum absolute atomic E-state index is 0.0875. The molecule has 1 N–H and O–H groups in total. The molecule has 2 aliphatic rings. The van der Waals surface area contributed by atoms with Gasteiger partial charge in [0, 0.05) is 16.1 Å². The van der Waals surface area contributed by atoms with E-state index in [4.69, 9.17) is 30.7 Å². The van der Waals surface area contributed by atoms with Crippen LogP contribution in [0.15, 0.2) is 12.1 Å². The Morgan fingerprint density at radius 3 is 2.03 bits per heavy atom. The first-order valence-corrected chi connectivity index (χ1v) is 18.0. The zero-order chi connectivity index (χ0) is 32.0. The SMILES string of the molecule is [2H]C1([2H])C([2H])([2H])C1(C#CC1(C(F)(F)F)OC(=O)Nc2c(O[Si](C)(C)C(C)(C)C)cc(Cl)cc21)O[Si](C)(C)C(C)(C)C. The van der Waals surface area contributed by atoms with Crippen LogP contribution >= 0.6 is 11.6 Å². The molecule has 5 nitrogen and oxygen atoms in total. The number of fused-ring (bicyclic) bond motifs is 1. The van der Waals surface area contributed by atoms with E-state index in [-0.39, 0.29) is 21.5 Å². The Hall–Kier alpha value is -1.68. The number of carbonyl (C=O) groups is 1. The summed E-state index contributed by atoms with van der Waals surface area (Å²) in [6.07, 6.45) is -12.3. The van der Waals surface area contributed by atoms with Gasteiger partial charge in [-0.1, -0.05) is 59.1 Å². The number of nitrogens with one attached hydrogen (secondary N) is 1. The second-order valence-electron chi connectivity index (χ2n) is 12.4. The molecule has 0 radical (unpaired) electrons. The average molecular weight is 580 g/mol. The molecule has 0 saturated heterocycles. The predicted octanol–water partition coefficient (Wildman–Crippen LogP) is 8.60. The van der Waals surface area contributed by atoms with E-state index >= 15 is 13.2 Å². The molecule has 1 aromatic carbocycles. The quantitative estimate of drug-likeness (QED) is 0.286. The van der Waals surface area contributed by atoms with Gasteiger partial charge in [0.1, 0.15) is 11.4 Å². The lowest BCUT2D eigenvalue weighted by atomic mass is 9.89. The predicted molar refractivity (Wildman–Crippen MR) is 145 cm³/mol. The third-order valence-electron chi connectivity index (χ3n) is 7.47. The molecule has 37 heavy (non-hydrogen) atoms. The molecule has 0 aromatic heterocycles. The van der Waals surface area contributed by atoms with Gasteiger partial charge in [-0.3, -0.25) is 5.32 Å². The van der Waals surface area contributed by atoms with Crippen molar-refractivity contribution >= 4 is 40.0 Å². The lowest BCUT2D eigenvalue weighted by Gasteiger charge is -2.40. The van der Waals surface area contributed by atoms with Gasteiger partial charge in [-0.2, -0.15) is 13.2 Å². The number of ether oxygens (including phenoxy) is 1. The fourth-order valence-corrected chi connectivity index (χ4v) is 5.55. The summed E-state index contributed by atoms with van der Waals surface area (Å²) >= 11 is 6.28. The van der Waals surface area contributed by atoms with Gasteiger partial charge in [0.15, 0.2) is 8.32 Å². The summed E-state index contributed by atoms with van der Waals surface area (Å²) in [5.74, 6) is 4.05. The van der Waals surface area contributed by atoms with Crippen molar-refractivity contribution in [1.29, 1.82) is 0 Å². The van der Waals surface area contributed by atoms with Crippen molar-refractivity contribution in [3.8, 4) is 17.6 Å². The van der Waals surface area contributed by atoms with Crippen LogP contribution in [-0.2, 0) is 14.8 Å². The van der Waals surface area contributed by atoms with Gasteiger partial charge in [0.25, 0.3) is 13.9 Å². The number of halogens is 4. The van der Waals surface area contributed by atoms with E-state index < -0.39 is 63.5 Å².